The summed E-state index contributed by atoms with van der Waals surface area (Å²) in [4.78, 5) is 6.99. The second kappa shape index (κ2) is 10.5. The van der Waals surface area contributed by atoms with E-state index in [0.29, 0.717) is 0 Å². The Labute approximate surface area is 199 Å². The third-order valence-corrected chi connectivity index (χ3v) is 6.87. The molecular weight excluding hydrogens is 404 g/mol. The molecule has 0 spiro atoms. The van der Waals surface area contributed by atoms with Gasteiger partial charge >= 0.3 is 0 Å². The third-order valence-electron chi connectivity index (χ3n) is 6.87. The molecule has 1 atom stereocenters. The molecule has 1 N–H and O–H groups in total. The summed E-state index contributed by atoms with van der Waals surface area (Å²) < 4.78 is 0. The summed E-state index contributed by atoms with van der Waals surface area (Å²) in [5, 5.41) is 10.1. The second-order valence-corrected chi connectivity index (χ2v) is 10.2. The van der Waals surface area contributed by atoms with E-state index >= 15 is 0 Å². The minimum absolute atomic E-state index is 0.492. The van der Waals surface area contributed by atoms with Crippen LogP contribution in [0.15, 0.2) is 54.2 Å². The van der Waals surface area contributed by atoms with Crippen LogP contribution in [0.3, 0.4) is 0 Å². The lowest BCUT2D eigenvalue weighted by molar-refractivity contribution is -0.00297. The lowest BCUT2D eigenvalue weighted by Gasteiger charge is -2.35. The van der Waals surface area contributed by atoms with E-state index < -0.39 is 5.60 Å². The molecule has 4 rings (SSSR count). The van der Waals surface area contributed by atoms with Gasteiger partial charge in [0.2, 0.25) is 0 Å². The molecule has 0 bridgehead atoms. The van der Waals surface area contributed by atoms with Crippen LogP contribution >= 0.6 is 0 Å². The second-order valence-electron chi connectivity index (χ2n) is 10.2. The van der Waals surface area contributed by atoms with Gasteiger partial charge in [-0.3, -0.25) is 4.90 Å². The van der Waals surface area contributed by atoms with Crippen LogP contribution in [0.25, 0.3) is 11.6 Å². The van der Waals surface area contributed by atoms with E-state index in [4.69, 9.17) is 0 Å². The Bertz CT molecular complexity index is 1060. The fraction of sp³-hybridized carbons (Fsp3) is 0.433. The summed E-state index contributed by atoms with van der Waals surface area (Å²) in [5.74, 6) is 7.23. The molecule has 1 saturated heterocycles. The summed E-state index contributed by atoms with van der Waals surface area (Å²) in [6.45, 7) is 9.31. The van der Waals surface area contributed by atoms with Crippen LogP contribution in [-0.2, 0) is 0 Å². The molecule has 33 heavy (non-hydrogen) atoms. The van der Waals surface area contributed by atoms with Gasteiger partial charge in [-0.05, 0) is 92.7 Å². The predicted octanol–water partition coefficient (Wildman–Crippen LogP) is 5.93. The Morgan fingerprint density at radius 2 is 1.91 bits per heavy atom. The summed E-state index contributed by atoms with van der Waals surface area (Å²) in [5.41, 5.74) is 6.50. The first-order valence-electron chi connectivity index (χ1n) is 12.3. The summed E-state index contributed by atoms with van der Waals surface area (Å²) in [7, 11) is 0. The van der Waals surface area contributed by atoms with E-state index in [1.165, 1.54) is 35.1 Å². The Hall–Kier alpha value is -2.67. The summed E-state index contributed by atoms with van der Waals surface area (Å²) in [6.07, 6.45) is 11.9. The minimum atomic E-state index is -0.492. The smallest absolute Gasteiger partial charge is 0.113 e. The summed E-state index contributed by atoms with van der Waals surface area (Å²) >= 11 is 0. The number of likely N-dealkylation sites (tertiary alicyclic amines) is 1. The molecule has 1 aromatic carbocycles. The van der Waals surface area contributed by atoms with E-state index in [1.54, 1.807) is 0 Å². The van der Waals surface area contributed by atoms with Crippen molar-refractivity contribution >= 4 is 11.6 Å². The lowest BCUT2D eigenvalue weighted by atomic mass is 9.88. The SMILES string of the molecule is CC(=Cc1ccc(C#Cc2ccc(C3=CCC(C)CC3)cn2)cc1)CN1CCC(C)(O)CC1. The maximum Gasteiger partial charge on any atom is 0.113 e. The van der Waals surface area contributed by atoms with E-state index in [9.17, 15) is 5.11 Å². The van der Waals surface area contributed by atoms with Gasteiger partial charge in [0, 0.05) is 31.4 Å². The van der Waals surface area contributed by atoms with Gasteiger partial charge in [-0.2, -0.15) is 0 Å². The maximum absolute atomic E-state index is 10.1. The monoisotopic (exact) mass is 440 g/mol. The van der Waals surface area contributed by atoms with Crippen molar-refractivity contribution in [1.29, 1.82) is 0 Å². The molecule has 1 aliphatic carbocycles. The average molecular weight is 441 g/mol. The standard InChI is InChI=1S/C30H36N2O/c1-23-4-11-27(12-5-23)28-13-15-29(31-21-28)14-10-25-6-8-26(9-7-25)20-24(2)22-32-18-16-30(3,33)17-19-32/h6-9,11,13,15,20-21,23,33H,4-5,12,16-19,22H2,1-3H3. The van der Waals surface area contributed by atoms with Crippen LogP contribution in [0, 0.1) is 17.8 Å². The molecule has 1 aromatic heterocycles. The minimum Gasteiger partial charge on any atom is -0.390 e. The van der Waals surface area contributed by atoms with Crippen molar-refractivity contribution in [3.63, 3.8) is 0 Å². The van der Waals surface area contributed by atoms with Crippen molar-refractivity contribution < 1.29 is 5.11 Å². The van der Waals surface area contributed by atoms with E-state index in [0.717, 1.165) is 56.1 Å². The number of rotatable bonds is 4. The molecule has 0 amide bonds. The van der Waals surface area contributed by atoms with E-state index in [-0.39, 0.29) is 0 Å². The van der Waals surface area contributed by atoms with Gasteiger partial charge in [0.1, 0.15) is 5.69 Å². The lowest BCUT2D eigenvalue weighted by Crippen LogP contribution is -2.42. The molecule has 2 heterocycles. The van der Waals surface area contributed by atoms with E-state index in [1.807, 2.05) is 19.2 Å². The van der Waals surface area contributed by atoms with Crippen LogP contribution in [0.5, 0.6) is 0 Å². The maximum atomic E-state index is 10.1. The first-order chi connectivity index (χ1) is 15.9. The highest BCUT2D eigenvalue weighted by Gasteiger charge is 2.26. The molecule has 2 aliphatic rings. The Kier molecular flexibility index (Phi) is 7.48. The third kappa shape index (κ3) is 6.90. The first kappa shape index (κ1) is 23.5. The number of benzene rings is 1. The van der Waals surface area contributed by atoms with Crippen molar-refractivity contribution in [1.82, 2.24) is 9.88 Å². The largest absolute Gasteiger partial charge is 0.390 e. The fourth-order valence-corrected chi connectivity index (χ4v) is 4.56. The number of allylic oxidation sites excluding steroid dienone is 2. The Morgan fingerprint density at radius 1 is 1.15 bits per heavy atom. The number of nitrogens with zero attached hydrogens (tertiary/aromatic N) is 2. The highest BCUT2D eigenvalue weighted by atomic mass is 16.3. The Balaban J connectivity index is 1.33. The van der Waals surface area contributed by atoms with Crippen LogP contribution in [-0.4, -0.2) is 40.2 Å². The topological polar surface area (TPSA) is 36.4 Å². The van der Waals surface area contributed by atoms with Gasteiger partial charge < -0.3 is 5.11 Å². The number of pyridine rings is 1. The molecular formula is C30H36N2O. The van der Waals surface area contributed by atoms with Gasteiger partial charge in [-0.25, -0.2) is 4.98 Å². The molecule has 172 valence electrons. The highest BCUT2D eigenvalue weighted by molar-refractivity contribution is 5.66. The van der Waals surface area contributed by atoms with Gasteiger partial charge in [0.15, 0.2) is 0 Å². The van der Waals surface area contributed by atoms with Gasteiger partial charge in [-0.1, -0.05) is 48.8 Å². The fourth-order valence-electron chi connectivity index (χ4n) is 4.56. The number of hydrogen-bond donors (Lipinski definition) is 1. The molecule has 1 unspecified atom stereocenters. The van der Waals surface area contributed by atoms with Crippen molar-refractivity contribution in [3.05, 3.63) is 76.6 Å². The number of hydrogen-bond acceptors (Lipinski definition) is 3. The van der Waals surface area contributed by atoms with Crippen LogP contribution in [0.2, 0.25) is 0 Å². The van der Waals surface area contributed by atoms with Crippen molar-refractivity contribution in [2.45, 2.75) is 58.5 Å². The van der Waals surface area contributed by atoms with Gasteiger partial charge in [0.25, 0.3) is 0 Å². The number of aliphatic hydroxyl groups is 1. The van der Waals surface area contributed by atoms with Crippen LogP contribution < -0.4 is 0 Å². The van der Waals surface area contributed by atoms with Gasteiger partial charge in [-0.15, -0.1) is 0 Å². The normalized spacial score (nSPS) is 21.2. The zero-order valence-corrected chi connectivity index (χ0v) is 20.3. The summed E-state index contributed by atoms with van der Waals surface area (Å²) in [6, 6.07) is 12.6. The average Bonchev–Trinajstić information content (AvgIpc) is 2.81. The Morgan fingerprint density at radius 3 is 2.55 bits per heavy atom. The molecule has 1 fully saturated rings. The molecule has 0 saturated carbocycles. The molecule has 1 aliphatic heterocycles. The van der Waals surface area contributed by atoms with Crippen LogP contribution in [0.4, 0.5) is 0 Å². The zero-order chi connectivity index (χ0) is 23.3. The van der Waals surface area contributed by atoms with E-state index in [2.05, 4.69) is 78.1 Å². The zero-order valence-electron chi connectivity index (χ0n) is 20.3. The van der Waals surface area contributed by atoms with Crippen molar-refractivity contribution in [2.75, 3.05) is 19.6 Å². The molecule has 3 heteroatoms. The van der Waals surface area contributed by atoms with Crippen molar-refractivity contribution in [2.24, 2.45) is 5.92 Å². The van der Waals surface area contributed by atoms with Crippen LogP contribution in [0.1, 0.15) is 75.3 Å². The first-order valence-corrected chi connectivity index (χ1v) is 12.3. The van der Waals surface area contributed by atoms with Crippen molar-refractivity contribution in [3.8, 4) is 11.8 Å². The molecule has 3 nitrogen and oxygen atoms in total. The predicted molar refractivity (Wildman–Crippen MR) is 138 cm³/mol. The quantitative estimate of drug-likeness (QED) is 0.598. The number of piperidine rings is 1. The number of aromatic nitrogens is 1. The highest BCUT2D eigenvalue weighted by Crippen LogP contribution is 2.29. The van der Waals surface area contributed by atoms with Gasteiger partial charge in [0.05, 0.1) is 5.60 Å². The molecule has 2 aromatic rings. The molecule has 0 radical (unpaired) electrons.